The van der Waals surface area contributed by atoms with Crippen LogP contribution in [0.15, 0.2) is 12.5 Å². The average molecular weight is 267 g/mol. The zero-order valence-electron chi connectivity index (χ0n) is 10.9. The van der Waals surface area contributed by atoms with Gasteiger partial charge in [0.05, 0.1) is 18.2 Å². The van der Waals surface area contributed by atoms with Gasteiger partial charge in [0.15, 0.2) is 6.10 Å². The Morgan fingerprint density at radius 2 is 2.37 bits per heavy atom. The van der Waals surface area contributed by atoms with Crippen LogP contribution in [-0.2, 0) is 20.9 Å². The highest BCUT2D eigenvalue weighted by atomic mass is 16.5. The van der Waals surface area contributed by atoms with E-state index in [2.05, 4.69) is 4.98 Å². The highest BCUT2D eigenvalue weighted by Gasteiger charge is 2.41. The molecule has 7 nitrogen and oxygen atoms in total. The number of aliphatic carboxylic acids is 1. The minimum absolute atomic E-state index is 0.202. The van der Waals surface area contributed by atoms with Crippen LogP contribution in [0, 0.1) is 0 Å². The quantitative estimate of drug-likeness (QED) is 0.846. The summed E-state index contributed by atoms with van der Waals surface area (Å²) in [5.74, 6) is -1.31. The van der Waals surface area contributed by atoms with Crippen LogP contribution in [0.5, 0.6) is 0 Å². The fourth-order valence-electron chi connectivity index (χ4n) is 2.28. The molecule has 1 amide bonds. The Kier molecular flexibility index (Phi) is 3.84. The Hall–Kier alpha value is -1.89. The van der Waals surface area contributed by atoms with Crippen molar-refractivity contribution in [1.82, 2.24) is 14.5 Å². The Morgan fingerprint density at radius 1 is 1.63 bits per heavy atom. The van der Waals surface area contributed by atoms with Crippen molar-refractivity contribution in [2.24, 2.45) is 0 Å². The number of morpholine rings is 1. The van der Waals surface area contributed by atoms with E-state index in [0.29, 0.717) is 5.69 Å². The number of ether oxygens (including phenoxy) is 1. The molecule has 0 aromatic carbocycles. The van der Waals surface area contributed by atoms with Crippen molar-refractivity contribution in [2.45, 2.75) is 32.0 Å². The summed E-state index contributed by atoms with van der Waals surface area (Å²) in [4.78, 5) is 28.5. The fourth-order valence-corrected chi connectivity index (χ4v) is 2.28. The lowest BCUT2D eigenvalue weighted by Crippen LogP contribution is -2.50. The number of amides is 1. The molecule has 0 radical (unpaired) electrons. The van der Waals surface area contributed by atoms with Crippen LogP contribution >= 0.6 is 0 Å². The third-order valence-electron chi connectivity index (χ3n) is 3.24. The fraction of sp³-hybridized carbons (Fsp3) is 0.583. The molecular formula is C12H17N3O4. The number of imidazole rings is 1. The number of carboxylic acid groups (broad SMARTS) is 1. The first-order valence-electron chi connectivity index (χ1n) is 6.16. The molecule has 19 heavy (non-hydrogen) atoms. The van der Waals surface area contributed by atoms with Crippen LogP contribution in [0.3, 0.4) is 0 Å². The second kappa shape index (κ2) is 5.40. The Balaban J connectivity index is 2.38. The molecule has 2 atom stereocenters. The van der Waals surface area contributed by atoms with Crippen molar-refractivity contribution in [1.29, 1.82) is 0 Å². The van der Waals surface area contributed by atoms with Crippen molar-refractivity contribution >= 4 is 11.9 Å². The number of aromatic nitrogens is 2. The summed E-state index contributed by atoms with van der Waals surface area (Å²) >= 11 is 0. The molecule has 2 rings (SSSR count). The van der Waals surface area contributed by atoms with E-state index in [4.69, 9.17) is 4.74 Å². The minimum atomic E-state index is -1.08. The first kappa shape index (κ1) is 13.5. The number of carbonyl (C=O) groups is 2. The molecule has 2 unspecified atom stereocenters. The second-order valence-corrected chi connectivity index (χ2v) is 4.53. The van der Waals surface area contributed by atoms with Crippen LogP contribution < -0.4 is 0 Å². The Labute approximate surface area is 110 Å². The van der Waals surface area contributed by atoms with Gasteiger partial charge in [-0.05, 0) is 6.42 Å². The van der Waals surface area contributed by atoms with Crippen molar-refractivity contribution in [3.05, 3.63) is 18.2 Å². The van der Waals surface area contributed by atoms with E-state index < -0.39 is 18.1 Å². The largest absolute Gasteiger partial charge is 0.479 e. The number of rotatable bonds is 4. The van der Waals surface area contributed by atoms with E-state index >= 15 is 0 Å². The maximum absolute atomic E-state index is 11.7. The van der Waals surface area contributed by atoms with Gasteiger partial charge in [-0.15, -0.1) is 0 Å². The molecule has 1 aliphatic rings. The van der Waals surface area contributed by atoms with Crippen LogP contribution in [0.4, 0.5) is 0 Å². The number of likely N-dealkylation sites (N-methyl/N-ethyl adjacent to an activating group) is 1. The number of hydrogen-bond donors (Lipinski definition) is 1. The number of carbonyl (C=O) groups excluding carboxylic acids is 1. The number of hydrogen-bond acceptors (Lipinski definition) is 4. The van der Waals surface area contributed by atoms with Crippen molar-refractivity contribution in [2.75, 3.05) is 13.7 Å². The van der Waals surface area contributed by atoms with E-state index in [-0.39, 0.29) is 12.5 Å². The summed E-state index contributed by atoms with van der Waals surface area (Å²) in [6.07, 6.45) is 3.07. The standard InChI is InChI=1S/C12H17N3O4/c1-3-4-15-7-13-5-8(15)10-11(12(17)18)19-6-9(16)14(10)2/h5,7,10-11H,3-4,6H2,1-2H3,(H,17,18). The molecule has 1 aromatic rings. The zero-order chi connectivity index (χ0) is 14.0. The molecule has 1 aliphatic heterocycles. The highest BCUT2D eigenvalue weighted by Crippen LogP contribution is 2.29. The van der Waals surface area contributed by atoms with Gasteiger partial charge >= 0.3 is 5.97 Å². The maximum Gasteiger partial charge on any atom is 0.335 e. The monoisotopic (exact) mass is 267 g/mol. The average Bonchev–Trinajstić information content (AvgIpc) is 2.80. The molecule has 0 spiro atoms. The summed E-state index contributed by atoms with van der Waals surface area (Å²) in [5.41, 5.74) is 0.685. The molecule has 0 aliphatic carbocycles. The van der Waals surface area contributed by atoms with Crippen molar-refractivity contribution in [3.63, 3.8) is 0 Å². The smallest absolute Gasteiger partial charge is 0.335 e. The van der Waals surface area contributed by atoms with Crippen LogP contribution in [0.25, 0.3) is 0 Å². The third-order valence-corrected chi connectivity index (χ3v) is 3.24. The predicted molar refractivity (Wildman–Crippen MR) is 65.4 cm³/mol. The van der Waals surface area contributed by atoms with Crippen molar-refractivity contribution < 1.29 is 19.4 Å². The lowest BCUT2D eigenvalue weighted by molar-refractivity contribution is -0.171. The molecule has 2 heterocycles. The molecule has 1 fully saturated rings. The van der Waals surface area contributed by atoms with Gasteiger partial charge in [0.25, 0.3) is 0 Å². The van der Waals surface area contributed by atoms with Gasteiger partial charge in [0.2, 0.25) is 5.91 Å². The topological polar surface area (TPSA) is 84.7 Å². The summed E-state index contributed by atoms with van der Waals surface area (Å²) in [7, 11) is 1.59. The highest BCUT2D eigenvalue weighted by molar-refractivity contribution is 5.82. The van der Waals surface area contributed by atoms with Gasteiger partial charge in [-0.1, -0.05) is 6.92 Å². The lowest BCUT2D eigenvalue weighted by atomic mass is 10.0. The van der Waals surface area contributed by atoms with Gasteiger partial charge in [0, 0.05) is 13.6 Å². The molecule has 1 N–H and O–H groups in total. The lowest BCUT2D eigenvalue weighted by Gasteiger charge is -2.36. The molecule has 0 bridgehead atoms. The Bertz CT molecular complexity index is 485. The van der Waals surface area contributed by atoms with Crippen LogP contribution in [0.1, 0.15) is 25.1 Å². The summed E-state index contributed by atoms with van der Waals surface area (Å²) in [6.45, 7) is 2.54. The summed E-state index contributed by atoms with van der Waals surface area (Å²) < 4.78 is 7.02. The molecule has 0 saturated carbocycles. The zero-order valence-corrected chi connectivity index (χ0v) is 10.9. The minimum Gasteiger partial charge on any atom is -0.479 e. The van der Waals surface area contributed by atoms with Gasteiger partial charge < -0.3 is 19.3 Å². The summed E-state index contributed by atoms with van der Waals surface area (Å²) in [6, 6.07) is -0.646. The molecule has 7 heteroatoms. The summed E-state index contributed by atoms with van der Waals surface area (Å²) in [5, 5.41) is 9.24. The van der Waals surface area contributed by atoms with Crippen LogP contribution in [-0.4, -0.2) is 51.2 Å². The number of aryl methyl sites for hydroxylation is 1. The normalized spacial score (nSPS) is 23.7. The second-order valence-electron chi connectivity index (χ2n) is 4.53. The third kappa shape index (κ3) is 2.46. The number of nitrogens with zero attached hydrogens (tertiary/aromatic N) is 3. The molecular weight excluding hydrogens is 250 g/mol. The van der Waals surface area contributed by atoms with Gasteiger partial charge in [-0.3, -0.25) is 4.79 Å². The molecule has 104 valence electrons. The number of carboxylic acids is 1. The Morgan fingerprint density at radius 3 is 3.00 bits per heavy atom. The molecule has 1 saturated heterocycles. The van der Waals surface area contributed by atoms with E-state index in [1.165, 1.54) is 4.90 Å². The van der Waals surface area contributed by atoms with Gasteiger partial charge in [-0.25, -0.2) is 9.78 Å². The first-order chi connectivity index (χ1) is 9.06. The molecule has 1 aromatic heterocycles. The van der Waals surface area contributed by atoms with E-state index in [1.54, 1.807) is 19.6 Å². The maximum atomic E-state index is 11.7. The van der Waals surface area contributed by atoms with E-state index in [9.17, 15) is 14.7 Å². The van der Waals surface area contributed by atoms with E-state index in [0.717, 1.165) is 13.0 Å². The SMILES string of the molecule is CCCn1cncc1C1C(C(=O)O)OCC(=O)N1C. The van der Waals surface area contributed by atoms with E-state index in [1.807, 2.05) is 11.5 Å². The van der Waals surface area contributed by atoms with Gasteiger partial charge in [-0.2, -0.15) is 0 Å². The van der Waals surface area contributed by atoms with Crippen LogP contribution in [0.2, 0.25) is 0 Å². The van der Waals surface area contributed by atoms with Crippen molar-refractivity contribution in [3.8, 4) is 0 Å². The predicted octanol–water partition coefficient (Wildman–Crippen LogP) is 0.276. The first-order valence-corrected chi connectivity index (χ1v) is 6.16. The van der Waals surface area contributed by atoms with Gasteiger partial charge in [0.1, 0.15) is 12.6 Å².